The van der Waals surface area contributed by atoms with Gasteiger partial charge in [0.05, 0.1) is 0 Å². The molecule has 24 heavy (non-hydrogen) atoms. The van der Waals surface area contributed by atoms with Crippen molar-refractivity contribution in [1.82, 2.24) is 5.32 Å². The third kappa shape index (κ3) is 7.35. The summed E-state index contributed by atoms with van der Waals surface area (Å²) in [5.74, 6) is -0.0679. The van der Waals surface area contributed by atoms with E-state index >= 15 is 0 Å². The van der Waals surface area contributed by atoms with Gasteiger partial charge in [-0.25, -0.2) is 4.79 Å². The highest BCUT2D eigenvalue weighted by Gasteiger charge is 2.15. The maximum atomic E-state index is 12.0. The van der Waals surface area contributed by atoms with Gasteiger partial charge in [0.15, 0.2) is 0 Å². The fourth-order valence-corrected chi connectivity index (χ4v) is 2.03. The Hall–Kier alpha value is -2.24. The molecule has 0 spiro atoms. The molecule has 0 heterocycles. The van der Waals surface area contributed by atoms with Crippen molar-refractivity contribution >= 4 is 23.4 Å². The van der Waals surface area contributed by atoms with Crippen molar-refractivity contribution in [2.24, 2.45) is 0 Å². The van der Waals surface area contributed by atoms with Gasteiger partial charge in [-0.2, -0.15) is 0 Å². The lowest BCUT2D eigenvalue weighted by atomic mass is 10.1. The van der Waals surface area contributed by atoms with Gasteiger partial charge >= 0.3 is 6.09 Å². The fourth-order valence-electron chi connectivity index (χ4n) is 2.03. The minimum absolute atomic E-state index is 0.0679. The van der Waals surface area contributed by atoms with Crippen LogP contribution in [0.4, 0.5) is 16.2 Å². The lowest BCUT2D eigenvalue weighted by Gasteiger charge is -2.19. The molecule has 0 atom stereocenters. The molecule has 134 valence electrons. The van der Waals surface area contributed by atoms with Gasteiger partial charge < -0.3 is 20.3 Å². The number of hydrogen-bond donors (Lipinski definition) is 2. The van der Waals surface area contributed by atoms with Crippen LogP contribution in [0.5, 0.6) is 0 Å². The fraction of sp³-hybridized carbons (Fsp3) is 0.556. The largest absolute Gasteiger partial charge is 0.444 e. The molecule has 2 amide bonds. The molecule has 0 aliphatic heterocycles. The number of ether oxygens (including phenoxy) is 1. The maximum absolute atomic E-state index is 12.0. The molecule has 0 bridgehead atoms. The molecule has 0 aromatic heterocycles. The van der Waals surface area contributed by atoms with E-state index in [9.17, 15) is 9.59 Å². The lowest BCUT2D eigenvalue weighted by Crippen LogP contribution is -2.33. The Kier molecular flexibility index (Phi) is 7.07. The Morgan fingerprint density at radius 3 is 2.42 bits per heavy atom. The number of amides is 2. The highest BCUT2D eigenvalue weighted by molar-refractivity contribution is 5.91. The Balaban J connectivity index is 2.36. The van der Waals surface area contributed by atoms with Crippen LogP contribution >= 0.6 is 0 Å². The van der Waals surface area contributed by atoms with Crippen molar-refractivity contribution in [1.29, 1.82) is 0 Å². The number of benzene rings is 1. The molecule has 0 aliphatic rings. The summed E-state index contributed by atoms with van der Waals surface area (Å²) < 4.78 is 5.13. The van der Waals surface area contributed by atoms with E-state index in [1.165, 1.54) is 0 Å². The van der Waals surface area contributed by atoms with E-state index in [1.54, 1.807) is 0 Å². The van der Waals surface area contributed by atoms with Gasteiger partial charge in [0.1, 0.15) is 5.60 Å². The molecule has 0 unspecified atom stereocenters. The number of carbonyl (C=O) groups excluding carboxylic acids is 2. The van der Waals surface area contributed by atoms with Gasteiger partial charge in [0.2, 0.25) is 5.91 Å². The van der Waals surface area contributed by atoms with Crippen LogP contribution in [0, 0.1) is 6.92 Å². The summed E-state index contributed by atoms with van der Waals surface area (Å²) in [4.78, 5) is 25.5. The van der Waals surface area contributed by atoms with E-state index in [2.05, 4.69) is 10.6 Å². The Morgan fingerprint density at radius 2 is 1.88 bits per heavy atom. The predicted molar refractivity (Wildman–Crippen MR) is 97.6 cm³/mol. The Labute approximate surface area is 144 Å². The normalized spacial score (nSPS) is 10.9. The first-order valence-electron chi connectivity index (χ1n) is 8.13. The first kappa shape index (κ1) is 19.8. The second-order valence-electron chi connectivity index (χ2n) is 6.97. The van der Waals surface area contributed by atoms with E-state index in [0.717, 1.165) is 16.9 Å². The smallest absolute Gasteiger partial charge is 0.407 e. The summed E-state index contributed by atoms with van der Waals surface area (Å²) in [5, 5.41) is 5.54. The highest BCUT2D eigenvalue weighted by atomic mass is 16.6. The van der Waals surface area contributed by atoms with Gasteiger partial charge in [-0.3, -0.25) is 4.79 Å². The molecular weight excluding hydrogens is 306 g/mol. The summed E-state index contributed by atoms with van der Waals surface area (Å²) in [6, 6.07) is 5.90. The van der Waals surface area contributed by atoms with E-state index in [0.29, 0.717) is 19.4 Å². The van der Waals surface area contributed by atoms with E-state index in [4.69, 9.17) is 4.74 Å². The zero-order valence-electron chi connectivity index (χ0n) is 15.5. The monoisotopic (exact) mass is 335 g/mol. The number of anilines is 2. The quantitative estimate of drug-likeness (QED) is 0.783. The summed E-state index contributed by atoms with van der Waals surface area (Å²) in [5.41, 5.74) is 2.40. The summed E-state index contributed by atoms with van der Waals surface area (Å²) in [6.07, 6.45) is 0.433. The van der Waals surface area contributed by atoms with E-state index in [-0.39, 0.29) is 5.91 Å². The first-order valence-corrected chi connectivity index (χ1v) is 8.13. The minimum Gasteiger partial charge on any atom is -0.444 e. The van der Waals surface area contributed by atoms with Crippen LogP contribution in [-0.2, 0) is 9.53 Å². The van der Waals surface area contributed by atoms with E-state index < -0.39 is 11.7 Å². The highest BCUT2D eigenvalue weighted by Crippen LogP contribution is 2.21. The van der Waals surface area contributed by atoms with Crippen LogP contribution < -0.4 is 15.5 Å². The molecule has 1 rings (SSSR count). The second kappa shape index (κ2) is 8.57. The average Bonchev–Trinajstić information content (AvgIpc) is 2.43. The topological polar surface area (TPSA) is 70.7 Å². The Morgan fingerprint density at radius 1 is 1.21 bits per heavy atom. The van der Waals surface area contributed by atoms with E-state index in [1.807, 2.05) is 64.9 Å². The molecule has 1 aromatic rings. The van der Waals surface area contributed by atoms with Crippen LogP contribution in [0.2, 0.25) is 0 Å². The SMILES string of the molecule is Cc1cc(N(C)C)ccc1NC(=O)CCCNC(=O)OC(C)(C)C. The van der Waals surface area contributed by atoms with Crippen molar-refractivity contribution < 1.29 is 14.3 Å². The van der Waals surface area contributed by atoms with Crippen LogP contribution in [0.3, 0.4) is 0 Å². The van der Waals surface area contributed by atoms with Crippen molar-refractivity contribution in [3.63, 3.8) is 0 Å². The minimum atomic E-state index is -0.516. The average molecular weight is 335 g/mol. The van der Waals surface area contributed by atoms with Gasteiger partial charge in [-0.15, -0.1) is 0 Å². The summed E-state index contributed by atoms with van der Waals surface area (Å²) >= 11 is 0. The standard InChI is InChI=1S/C18H29N3O3/c1-13-12-14(21(5)6)9-10-15(13)20-16(22)8-7-11-19-17(23)24-18(2,3)4/h9-10,12H,7-8,11H2,1-6H3,(H,19,23)(H,20,22). The molecule has 0 fully saturated rings. The molecule has 6 heteroatoms. The number of hydrogen-bond acceptors (Lipinski definition) is 4. The first-order chi connectivity index (χ1) is 11.1. The number of rotatable bonds is 6. The molecule has 2 N–H and O–H groups in total. The van der Waals surface area contributed by atoms with Gasteiger partial charge in [-0.05, 0) is 57.9 Å². The third-order valence-corrected chi connectivity index (χ3v) is 3.25. The molecule has 0 radical (unpaired) electrons. The number of nitrogens with one attached hydrogen (secondary N) is 2. The number of aryl methyl sites for hydroxylation is 1. The van der Waals surface area contributed by atoms with Crippen LogP contribution in [0.25, 0.3) is 0 Å². The van der Waals surface area contributed by atoms with Crippen molar-refractivity contribution in [3.8, 4) is 0 Å². The number of carbonyl (C=O) groups is 2. The van der Waals surface area contributed by atoms with Crippen molar-refractivity contribution in [2.45, 2.75) is 46.1 Å². The number of nitrogens with zero attached hydrogens (tertiary/aromatic N) is 1. The molecular formula is C18H29N3O3. The maximum Gasteiger partial charge on any atom is 0.407 e. The Bertz CT molecular complexity index is 577. The van der Waals surface area contributed by atoms with Crippen LogP contribution in [0.1, 0.15) is 39.2 Å². The second-order valence-corrected chi connectivity index (χ2v) is 6.97. The zero-order valence-corrected chi connectivity index (χ0v) is 15.5. The number of alkyl carbamates (subject to hydrolysis) is 1. The molecule has 0 saturated heterocycles. The van der Waals surface area contributed by atoms with Crippen LogP contribution in [-0.4, -0.2) is 38.2 Å². The van der Waals surface area contributed by atoms with Gasteiger partial charge in [0.25, 0.3) is 0 Å². The van der Waals surface area contributed by atoms with Crippen molar-refractivity contribution in [3.05, 3.63) is 23.8 Å². The molecule has 0 aliphatic carbocycles. The summed E-state index contributed by atoms with van der Waals surface area (Å²) in [7, 11) is 3.95. The zero-order chi connectivity index (χ0) is 18.3. The summed E-state index contributed by atoms with van der Waals surface area (Å²) in [6.45, 7) is 7.80. The molecule has 0 saturated carbocycles. The predicted octanol–water partition coefficient (Wildman–Crippen LogP) is 3.30. The lowest BCUT2D eigenvalue weighted by molar-refractivity contribution is -0.116. The molecule has 6 nitrogen and oxygen atoms in total. The molecule has 1 aromatic carbocycles. The third-order valence-electron chi connectivity index (χ3n) is 3.25. The van der Waals surface area contributed by atoms with Crippen LogP contribution in [0.15, 0.2) is 18.2 Å². The van der Waals surface area contributed by atoms with Gasteiger partial charge in [-0.1, -0.05) is 0 Å². The van der Waals surface area contributed by atoms with Gasteiger partial charge in [0, 0.05) is 38.4 Å². The van der Waals surface area contributed by atoms with Crippen molar-refractivity contribution in [2.75, 3.05) is 30.9 Å².